The van der Waals surface area contributed by atoms with Gasteiger partial charge in [0.25, 0.3) is 0 Å². The van der Waals surface area contributed by atoms with Crippen molar-refractivity contribution in [3.05, 3.63) is 0 Å². The first kappa shape index (κ1) is 28.0. The largest absolute Gasteiger partial charge is 0.0654 e. The Kier molecular flexibility index (Phi) is 21.7. The lowest BCUT2D eigenvalue weighted by atomic mass is 9.71. The van der Waals surface area contributed by atoms with Crippen molar-refractivity contribution in [2.24, 2.45) is 5.41 Å². The van der Waals surface area contributed by atoms with Crippen LogP contribution in [0.4, 0.5) is 0 Å². The third-order valence-corrected chi connectivity index (χ3v) is 6.99. The summed E-state index contributed by atoms with van der Waals surface area (Å²) in [6.07, 6.45) is 33.7. The maximum Gasteiger partial charge on any atom is -0.0297 e. The van der Waals surface area contributed by atoms with Gasteiger partial charge in [0.1, 0.15) is 0 Å². The highest BCUT2D eigenvalue weighted by molar-refractivity contribution is 4.80. The molecule has 0 saturated heterocycles. The van der Waals surface area contributed by atoms with Crippen molar-refractivity contribution in [3.8, 4) is 0 Å². The third-order valence-electron chi connectivity index (χ3n) is 6.99. The molecule has 0 aliphatic rings. The van der Waals surface area contributed by atoms with Gasteiger partial charge in [-0.3, -0.25) is 0 Å². The van der Waals surface area contributed by atoms with Gasteiger partial charge < -0.3 is 0 Å². The van der Waals surface area contributed by atoms with E-state index in [2.05, 4.69) is 27.7 Å². The van der Waals surface area contributed by atoms with Gasteiger partial charge >= 0.3 is 0 Å². The molecule has 0 aliphatic heterocycles. The second kappa shape index (κ2) is 21.7. The SMILES string of the molecule is CCCCCCCCCCC(CCCC)(CCCC)CCCCCCCCC. The fraction of sp³-hybridized carbons (Fsp3) is 1.00. The Morgan fingerprint density at radius 1 is 0.286 bits per heavy atom. The van der Waals surface area contributed by atoms with Crippen LogP contribution in [0.1, 0.15) is 175 Å². The molecular weight excluding hydrogens is 336 g/mol. The zero-order chi connectivity index (χ0) is 20.8. The van der Waals surface area contributed by atoms with E-state index in [1.807, 2.05) is 0 Å². The summed E-state index contributed by atoms with van der Waals surface area (Å²) in [7, 11) is 0. The normalized spacial score (nSPS) is 12.0. The van der Waals surface area contributed by atoms with Crippen molar-refractivity contribution in [1.29, 1.82) is 0 Å². The molecule has 0 saturated carbocycles. The quantitative estimate of drug-likeness (QED) is 0.151. The first-order valence-corrected chi connectivity index (χ1v) is 13.7. The number of hydrogen-bond donors (Lipinski definition) is 0. The topological polar surface area (TPSA) is 0 Å². The first-order chi connectivity index (χ1) is 13.7. The average Bonchev–Trinajstić information content (AvgIpc) is 2.71. The van der Waals surface area contributed by atoms with Crippen LogP contribution in [-0.2, 0) is 0 Å². The van der Waals surface area contributed by atoms with Crippen LogP contribution >= 0.6 is 0 Å². The van der Waals surface area contributed by atoms with Gasteiger partial charge in [-0.1, -0.05) is 150 Å². The summed E-state index contributed by atoms with van der Waals surface area (Å²) in [6.45, 7) is 9.40. The average molecular weight is 395 g/mol. The van der Waals surface area contributed by atoms with Crippen molar-refractivity contribution in [2.75, 3.05) is 0 Å². The number of rotatable bonds is 23. The lowest BCUT2D eigenvalue weighted by molar-refractivity contribution is 0.174. The van der Waals surface area contributed by atoms with Crippen LogP contribution < -0.4 is 0 Å². The summed E-state index contributed by atoms with van der Waals surface area (Å²) in [5.41, 5.74) is 0.692. The van der Waals surface area contributed by atoms with Crippen molar-refractivity contribution >= 4 is 0 Å². The molecule has 170 valence electrons. The van der Waals surface area contributed by atoms with Crippen LogP contribution in [0.15, 0.2) is 0 Å². The van der Waals surface area contributed by atoms with Gasteiger partial charge in [-0.05, 0) is 31.1 Å². The highest BCUT2D eigenvalue weighted by atomic mass is 14.3. The summed E-state index contributed by atoms with van der Waals surface area (Å²) in [4.78, 5) is 0. The van der Waals surface area contributed by atoms with Crippen LogP contribution in [0.5, 0.6) is 0 Å². The van der Waals surface area contributed by atoms with E-state index in [0.717, 1.165) is 0 Å². The summed E-state index contributed by atoms with van der Waals surface area (Å²) >= 11 is 0. The fourth-order valence-corrected chi connectivity index (χ4v) is 4.94. The van der Waals surface area contributed by atoms with E-state index in [4.69, 9.17) is 0 Å². The van der Waals surface area contributed by atoms with Crippen molar-refractivity contribution in [2.45, 2.75) is 175 Å². The van der Waals surface area contributed by atoms with Crippen LogP contribution in [0.3, 0.4) is 0 Å². The minimum absolute atomic E-state index is 0.692. The predicted octanol–water partition coefficient (Wildman–Crippen LogP) is 11.0. The highest BCUT2D eigenvalue weighted by Crippen LogP contribution is 2.41. The molecule has 0 N–H and O–H groups in total. The zero-order valence-electron chi connectivity index (χ0n) is 20.8. The maximum atomic E-state index is 2.38. The van der Waals surface area contributed by atoms with Crippen molar-refractivity contribution in [3.63, 3.8) is 0 Å². The minimum atomic E-state index is 0.692. The predicted molar refractivity (Wildman–Crippen MR) is 131 cm³/mol. The maximum absolute atomic E-state index is 2.38. The molecule has 0 bridgehead atoms. The summed E-state index contributed by atoms with van der Waals surface area (Å²) in [5.74, 6) is 0. The minimum Gasteiger partial charge on any atom is -0.0654 e. The second-order valence-electron chi connectivity index (χ2n) is 9.80. The molecule has 0 aliphatic carbocycles. The van der Waals surface area contributed by atoms with Crippen LogP contribution in [0.25, 0.3) is 0 Å². The van der Waals surface area contributed by atoms with Gasteiger partial charge in [0.2, 0.25) is 0 Å². The molecule has 0 atom stereocenters. The molecule has 0 amide bonds. The molecule has 28 heavy (non-hydrogen) atoms. The van der Waals surface area contributed by atoms with Crippen LogP contribution in [0, 0.1) is 5.41 Å². The van der Waals surface area contributed by atoms with Gasteiger partial charge in [0.15, 0.2) is 0 Å². The molecule has 0 rings (SSSR count). The van der Waals surface area contributed by atoms with E-state index in [9.17, 15) is 0 Å². The summed E-state index contributed by atoms with van der Waals surface area (Å²) in [5, 5.41) is 0. The Morgan fingerprint density at radius 2 is 0.536 bits per heavy atom. The van der Waals surface area contributed by atoms with Gasteiger partial charge in [-0.25, -0.2) is 0 Å². The van der Waals surface area contributed by atoms with Crippen LogP contribution in [-0.4, -0.2) is 0 Å². The molecular formula is C28H58. The summed E-state index contributed by atoms with van der Waals surface area (Å²) in [6, 6.07) is 0. The molecule has 0 nitrogen and oxygen atoms in total. The highest BCUT2D eigenvalue weighted by Gasteiger charge is 2.27. The zero-order valence-corrected chi connectivity index (χ0v) is 20.8. The van der Waals surface area contributed by atoms with E-state index in [-0.39, 0.29) is 0 Å². The van der Waals surface area contributed by atoms with Crippen molar-refractivity contribution in [1.82, 2.24) is 0 Å². The number of hydrogen-bond acceptors (Lipinski definition) is 0. The van der Waals surface area contributed by atoms with Gasteiger partial charge in [0, 0.05) is 0 Å². The molecule has 0 spiro atoms. The fourth-order valence-electron chi connectivity index (χ4n) is 4.94. The van der Waals surface area contributed by atoms with E-state index in [1.54, 1.807) is 0 Å². The van der Waals surface area contributed by atoms with E-state index < -0.39 is 0 Å². The Balaban J connectivity index is 4.27. The van der Waals surface area contributed by atoms with E-state index in [1.165, 1.54) is 148 Å². The van der Waals surface area contributed by atoms with Gasteiger partial charge in [0.05, 0.1) is 0 Å². The lowest BCUT2D eigenvalue weighted by Gasteiger charge is -2.35. The molecule has 0 heterocycles. The number of unbranched alkanes of at least 4 members (excludes halogenated alkanes) is 15. The van der Waals surface area contributed by atoms with E-state index in [0.29, 0.717) is 5.41 Å². The molecule has 0 aromatic rings. The molecule has 0 radical (unpaired) electrons. The molecule has 0 aromatic heterocycles. The van der Waals surface area contributed by atoms with Gasteiger partial charge in [-0.15, -0.1) is 0 Å². The molecule has 0 fully saturated rings. The first-order valence-electron chi connectivity index (χ1n) is 13.7. The Bertz CT molecular complexity index is 272. The Morgan fingerprint density at radius 3 is 0.857 bits per heavy atom. The monoisotopic (exact) mass is 394 g/mol. The standard InChI is InChI=1S/C28H58/c1-5-9-13-15-17-19-21-23-27-28(24-11-7-3,25-12-8-4)26-22-20-18-16-14-10-6-2/h5-27H2,1-4H3. The van der Waals surface area contributed by atoms with Gasteiger partial charge in [-0.2, -0.15) is 0 Å². The van der Waals surface area contributed by atoms with E-state index >= 15 is 0 Å². The van der Waals surface area contributed by atoms with Crippen LogP contribution in [0.2, 0.25) is 0 Å². The Labute approximate surface area is 181 Å². The molecule has 0 heteroatoms. The smallest absolute Gasteiger partial charge is 0.0297 e. The Hall–Kier alpha value is 0. The van der Waals surface area contributed by atoms with Crippen molar-refractivity contribution < 1.29 is 0 Å². The lowest BCUT2D eigenvalue weighted by Crippen LogP contribution is -2.21. The molecule has 0 aromatic carbocycles. The molecule has 0 unspecified atom stereocenters. The summed E-state index contributed by atoms with van der Waals surface area (Å²) < 4.78 is 0. The second-order valence-corrected chi connectivity index (χ2v) is 9.80. The third kappa shape index (κ3) is 16.9.